The molecule has 0 aromatic heterocycles. The van der Waals surface area contributed by atoms with Crippen LogP contribution in [0.4, 0.5) is 0 Å². The zero-order valence-electron chi connectivity index (χ0n) is 17.2. The fourth-order valence-electron chi connectivity index (χ4n) is 3.19. The quantitative estimate of drug-likeness (QED) is 0.592. The molecule has 0 atom stereocenters. The van der Waals surface area contributed by atoms with Crippen LogP contribution < -0.4 is 5.32 Å². The Hall–Kier alpha value is -1.48. The first kappa shape index (κ1) is 22.8. The van der Waals surface area contributed by atoms with E-state index in [4.69, 9.17) is 4.74 Å². The molecule has 7 nitrogen and oxygen atoms in total. The molecule has 158 valence electrons. The molecule has 0 bridgehead atoms. The third-order valence-electron chi connectivity index (χ3n) is 4.76. The van der Waals surface area contributed by atoms with E-state index in [9.17, 15) is 13.2 Å². The maximum atomic E-state index is 13.2. The molecule has 1 amide bonds. The van der Waals surface area contributed by atoms with Gasteiger partial charge in [0.1, 0.15) is 0 Å². The Morgan fingerprint density at radius 3 is 2.54 bits per heavy atom. The van der Waals surface area contributed by atoms with Crippen LogP contribution >= 0.6 is 0 Å². The van der Waals surface area contributed by atoms with E-state index in [0.29, 0.717) is 43.1 Å². The Labute approximate surface area is 169 Å². The summed E-state index contributed by atoms with van der Waals surface area (Å²) in [6.45, 7) is 9.60. The van der Waals surface area contributed by atoms with E-state index in [2.05, 4.69) is 5.32 Å². The van der Waals surface area contributed by atoms with Gasteiger partial charge in [0.05, 0.1) is 11.0 Å². The van der Waals surface area contributed by atoms with E-state index >= 15 is 0 Å². The zero-order valence-corrected chi connectivity index (χ0v) is 18.0. The molecule has 1 saturated heterocycles. The molecule has 1 fully saturated rings. The van der Waals surface area contributed by atoms with Gasteiger partial charge in [-0.15, -0.1) is 0 Å². The number of sulfonamides is 1. The highest BCUT2D eigenvalue weighted by molar-refractivity contribution is 7.89. The van der Waals surface area contributed by atoms with Gasteiger partial charge in [-0.1, -0.05) is 18.2 Å². The monoisotopic (exact) mass is 411 g/mol. The Kier molecular flexibility index (Phi) is 8.88. The number of carbonyl (C=O) groups excluding carboxylic acids is 1. The molecule has 8 heteroatoms. The van der Waals surface area contributed by atoms with Crippen molar-refractivity contribution >= 4 is 15.9 Å². The molecule has 0 unspecified atom stereocenters. The molecule has 1 aliphatic rings. The van der Waals surface area contributed by atoms with Crippen LogP contribution in [0, 0.1) is 6.92 Å². The lowest BCUT2D eigenvalue weighted by atomic mass is 10.2. The number of nitrogens with zero attached hydrogens (tertiary/aromatic N) is 2. The van der Waals surface area contributed by atoms with Gasteiger partial charge in [0.25, 0.3) is 0 Å². The molecule has 0 radical (unpaired) electrons. The molecule has 28 heavy (non-hydrogen) atoms. The van der Waals surface area contributed by atoms with Crippen molar-refractivity contribution in [3.05, 3.63) is 29.8 Å². The number of benzene rings is 1. The van der Waals surface area contributed by atoms with Gasteiger partial charge in [0, 0.05) is 52.3 Å². The SMILES string of the molecule is Cc1ccccc1S(=O)(=O)N(CCCOC(C)C)CCC(=O)N1CCNCC1. The smallest absolute Gasteiger partial charge is 0.243 e. The van der Waals surface area contributed by atoms with Crippen LogP contribution in [0.2, 0.25) is 0 Å². The molecule has 1 aromatic carbocycles. The van der Waals surface area contributed by atoms with Crippen LogP contribution in [-0.4, -0.2) is 75.5 Å². The van der Waals surface area contributed by atoms with Crippen molar-refractivity contribution in [3.63, 3.8) is 0 Å². The number of ether oxygens (including phenoxy) is 1. The van der Waals surface area contributed by atoms with Gasteiger partial charge in [-0.05, 0) is 38.8 Å². The summed E-state index contributed by atoms with van der Waals surface area (Å²) in [4.78, 5) is 14.6. The summed E-state index contributed by atoms with van der Waals surface area (Å²) in [5.74, 6) is 0.00455. The first-order chi connectivity index (χ1) is 13.3. The van der Waals surface area contributed by atoms with Crippen molar-refractivity contribution in [2.24, 2.45) is 0 Å². The number of hydrogen-bond acceptors (Lipinski definition) is 5. The molecule has 1 aliphatic heterocycles. The number of hydrogen-bond donors (Lipinski definition) is 1. The van der Waals surface area contributed by atoms with Crippen LogP contribution in [0.15, 0.2) is 29.2 Å². The summed E-state index contributed by atoms with van der Waals surface area (Å²) in [7, 11) is -3.66. The summed E-state index contributed by atoms with van der Waals surface area (Å²) in [5, 5.41) is 3.22. The van der Waals surface area contributed by atoms with E-state index in [-0.39, 0.29) is 25.0 Å². The summed E-state index contributed by atoms with van der Waals surface area (Å²) in [6.07, 6.45) is 0.886. The molecule has 2 rings (SSSR count). The number of carbonyl (C=O) groups is 1. The molecular formula is C20H33N3O4S. The van der Waals surface area contributed by atoms with Crippen molar-refractivity contribution in [1.82, 2.24) is 14.5 Å². The summed E-state index contributed by atoms with van der Waals surface area (Å²) in [6, 6.07) is 6.97. The molecule has 0 spiro atoms. The highest BCUT2D eigenvalue weighted by Gasteiger charge is 2.27. The van der Waals surface area contributed by atoms with Crippen LogP contribution in [0.1, 0.15) is 32.3 Å². The number of aryl methyl sites for hydroxylation is 1. The van der Waals surface area contributed by atoms with Crippen LogP contribution in [-0.2, 0) is 19.6 Å². The van der Waals surface area contributed by atoms with Crippen molar-refractivity contribution in [2.45, 2.75) is 44.6 Å². The maximum absolute atomic E-state index is 13.2. The van der Waals surface area contributed by atoms with Gasteiger partial charge < -0.3 is 15.0 Å². The Morgan fingerprint density at radius 2 is 1.89 bits per heavy atom. The van der Waals surface area contributed by atoms with Gasteiger partial charge in [-0.3, -0.25) is 4.79 Å². The minimum absolute atomic E-state index is 0.00455. The van der Waals surface area contributed by atoms with E-state index < -0.39 is 10.0 Å². The normalized spacial score (nSPS) is 15.4. The van der Waals surface area contributed by atoms with E-state index in [0.717, 1.165) is 13.1 Å². The standard InChI is InChI=1S/C20H33N3O4S/c1-17(2)27-16-6-12-23(13-9-20(24)22-14-10-21-11-15-22)28(25,26)19-8-5-4-7-18(19)3/h4-5,7-8,17,21H,6,9-16H2,1-3H3. The summed E-state index contributed by atoms with van der Waals surface area (Å²) >= 11 is 0. The largest absolute Gasteiger partial charge is 0.379 e. The molecule has 0 saturated carbocycles. The van der Waals surface area contributed by atoms with Crippen molar-refractivity contribution in [2.75, 3.05) is 45.9 Å². The average Bonchev–Trinajstić information content (AvgIpc) is 2.67. The van der Waals surface area contributed by atoms with E-state index in [1.807, 2.05) is 19.9 Å². The number of piperazine rings is 1. The van der Waals surface area contributed by atoms with Crippen molar-refractivity contribution in [3.8, 4) is 0 Å². The summed E-state index contributed by atoms with van der Waals surface area (Å²) < 4.78 is 33.4. The Morgan fingerprint density at radius 1 is 1.21 bits per heavy atom. The second kappa shape index (κ2) is 10.9. The lowest BCUT2D eigenvalue weighted by Gasteiger charge is -2.29. The molecule has 1 aromatic rings. The molecule has 0 aliphatic carbocycles. The highest BCUT2D eigenvalue weighted by atomic mass is 32.2. The van der Waals surface area contributed by atoms with Crippen molar-refractivity contribution in [1.29, 1.82) is 0 Å². The van der Waals surface area contributed by atoms with E-state index in [1.54, 1.807) is 30.0 Å². The van der Waals surface area contributed by atoms with Crippen LogP contribution in [0.25, 0.3) is 0 Å². The highest BCUT2D eigenvalue weighted by Crippen LogP contribution is 2.20. The predicted octanol–water partition coefficient (Wildman–Crippen LogP) is 1.62. The predicted molar refractivity (Wildman–Crippen MR) is 110 cm³/mol. The average molecular weight is 412 g/mol. The first-order valence-electron chi connectivity index (χ1n) is 9.98. The fraction of sp³-hybridized carbons (Fsp3) is 0.650. The second-order valence-corrected chi connectivity index (χ2v) is 9.23. The maximum Gasteiger partial charge on any atom is 0.243 e. The first-order valence-corrected chi connectivity index (χ1v) is 11.4. The second-order valence-electron chi connectivity index (χ2n) is 7.32. The lowest BCUT2D eigenvalue weighted by Crippen LogP contribution is -2.47. The van der Waals surface area contributed by atoms with Crippen LogP contribution in [0.3, 0.4) is 0 Å². The van der Waals surface area contributed by atoms with Gasteiger partial charge in [0.2, 0.25) is 15.9 Å². The molecular weight excluding hydrogens is 378 g/mol. The van der Waals surface area contributed by atoms with E-state index in [1.165, 1.54) is 4.31 Å². The molecule has 1 heterocycles. The van der Waals surface area contributed by atoms with Gasteiger partial charge in [-0.25, -0.2) is 8.42 Å². The number of amides is 1. The Balaban J connectivity index is 2.07. The zero-order chi connectivity index (χ0) is 20.6. The lowest BCUT2D eigenvalue weighted by molar-refractivity contribution is -0.131. The number of nitrogens with one attached hydrogen (secondary N) is 1. The van der Waals surface area contributed by atoms with Crippen LogP contribution in [0.5, 0.6) is 0 Å². The van der Waals surface area contributed by atoms with Gasteiger partial charge in [-0.2, -0.15) is 4.31 Å². The fourth-order valence-corrected chi connectivity index (χ4v) is 4.89. The van der Waals surface area contributed by atoms with Crippen molar-refractivity contribution < 1.29 is 17.9 Å². The molecule has 1 N–H and O–H groups in total. The van der Waals surface area contributed by atoms with Gasteiger partial charge in [0.15, 0.2) is 0 Å². The third-order valence-corrected chi connectivity index (χ3v) is 6.82. The Bertz CT molecular complexity index is 731. The minimum atomic E-state index is -3.66. The van der Waals surface area contributed by atoms with Gasteiger partial charge >= 0.3 is 0 Å². The number of rotatable bonds is 10. The summed E-state index contributed by atoms with van der Waals surface area (Å²) in [5.41, 5.74) is 0.708. The third kappa shape index (κ3) is 6.55. The minimum Gasteiger partial charge on any atom is -0.379 e. The topological polar surface area (TPSA) is 79.0 Å².